The predicted octanol–water partition coefficient (Wildman–Crippen LogP) is 5.58. The Labute approximate surface area is 295 Å². The molecule has 0 amide bonds. The average Bonchev–Trinajstić information content (AvgIpc) is 3.09. The fourth-order valence-corrected chi connectivity index (χ4v) is 7.27. The van der Waals surface area contributed by atoms with E-state index in [9.17, 15) is 5.26 Å². The number of piperidine rings is 1. The number of hydrogen-bond acceptors (Lipinski definition) is 9. The summed E-state index contributed by atoms with van der Waals surface area (Å²) in [6, 6.07) is 15.9. The number of aromatic nitrogens is 2. The second-order valence-corrected chi connectivity index (χ2v) is 14.6. The molecule has 3 fully saturated rings. The van der Waals surface area contributed by atoms with Crippen molar-refractivity contribution in [3.63, 3.8) is 0 Å². The highest BCUT2D eigenvalue weighted by Gasteiger charge is 2.28. The van der Waals surface area contributed by atoms with Gasteiger partial charge in [-0.3, -0.25) is 4.90 Å². The topological polar surface area (TPSA) is 89.8 Å². The molecule has 4 heterocycles. The van der Waals surface area contributed by atoms with Crippen LogP contribution >= 0.6 is 23.2 Å². The first-order valence-electron chi connectivity index (χ1n) is 17.2. The number of benzene rings is 2. The van der Waals surface area contributed by atoms with Gasteiger partial charge in [0, 0.05) is 64.0 Å². The molecule has 3 aromatic rings. The van der Waals surface area contributed by atoms with E-state index in [1.165, 1.54) is 52.1 Å². The van der Waals surface area contributed by atoms with E-state index in [0.717, 1.165) is 66.5 Å². The smallest absolute Gasteiger partial charge is 0.225 e. The van der Waals surface area contributed by atoms with Crippen molar-refractivity contribution in [2.45, 2.75) is 38.7 Å². The molecule has 0 spiro atoms. The predicted molar refractivity (Wildman–Crippen MR) is 191 cm³/mol. The molecular formula is C37H47Cl2N7O2. The van der Waals surface area contributed by atoms with Crippen LogP contribution in [0.15, 0.2) is 48.7 Å². The summed E-state index contributed by atoms with van der Waals surface area (Å²) in [7, 11) is 0. The summed E-state index contributed by atoms with van der Waals surface area (Å²) in [5.74, 6) is 3.91. The maximum atomic E-state index is 9.73. The van der Waals surface area contributed by atoms with Crippen LogP contribution in [0.5, 0.6) is 11.5 Å². The summed E-state index contributed by atoms with van der Waals surface area (Å²) in [6.07, 6.45) is 4.48. The normalized spacial score (nSPS) is 18.4. The Bertz CT molecular complexity index is 1540. The van der Waals surface area contributed by atoms with Gasteiger partial charge in [0.2, 0.25) is 5.95 Å². The Balaban J connectivity index is 0.981. The monoisotopic (exact) mass is 691 g/mol. The molecule has 0 radical (unpaired) electrons. The largest absolute Gasteiger partial charge is 0.489 e. The van der Waals surface area contributed by atoms with Gasteiger partial charge in [0.25, 0.3) is 0 Å². The van der Waals surface area contributed by atoms with Crippen molar-refractivity contribution in [1.29, 1.82) is 5.26 Å². The molecule has 11 heteroatoms. The lowest BCUT2D eigenvalue weighted by Gasteiger charge is -2.40. The number of alkyl halides is 1. The number of anilines is 1. The Hall–Kier alpha value is -3.13. The Kier molecular flexibility index (Phi) is 11.6. The first-order valence-corrected chi connectivity index (χ1v) is 18.1. The molecule has 3 aliphatic heterocycles. The third-order valence-corrected chi connectivity index (χ3v) is 10.6. The molecule has 3 aliphatic rings. The quantitative estimate of drug-likeness (QED) is 0.231. The summed E-state index contributed by atoms with van der Waals surface area (Å²) < 4.78 is 11.8. The molecule has 0 atom stereocenters. The van der Waals surface area contributed by atoms with Crippen LogP contribution < -0.4 is 19.7 Å². The van der Waals surface area contributed by atoms with Crippen LogP contribution in [0.25, 0.3) is 0 Å². The van der Waals surface area contributed by atoms with Gasteiger partial charge in [-0.15, -0.1) is 11.6 Å². The van der Waals surface area contributed by atoms with E-state index in [-0.39, 0.29) is 6.61 Å². The van der Waals surface area contributed by atoms with Crippen molar-refractivity contribution in [3.8, 4) is 17.6 Å². The van der Waals surface area contributed by atoms with Gasteiger partial charge in [-0.25, -0.2) is 9.97 Å². The van der Waals surface area contributed by atoms with Gasteiger partial charge in [-0.1, -0.05) is 37.6 Å². The van der Waals surface area contributed by atoms with Crippen LogP contribution in [0.3, 0.4) is 0 Å². The number of nitrogens with one attached hydrogen (secondary N) is 1. The molecule has 6 rings (SSSR count). The molecule has 0 bridgehead atoms. The summed E-state index contributed by atoms with van der Waals surface area (Å²) in [6.45, 7) is 16.2. The van der Waals surface area contributed by atoms with E-state index in [0.29, 0.717) is 28.8 Å². The lowest BCUT2D eigenvalue weighted by molar-refractivity contribution is 0.116. The zero-order valence-corrected chi connectivity index (χ0v) is 29.6. The van der Waals surface area contributed by atoms with Crippen LogP contribution in [0.1, 0.15) is 49.1 Å². The van der Waals surface area contributed by atoms with Gasteiger partial charge in [0.1, 0.15) is 25.0 Å². The molecule has 9 nitrogen and oxygen atoms in total. The standard InChI is InChI=1S/C37H47Cl2N7O2/c1-37(2,31-19-29(21-40)35(34(39)20-31)47-18-10-38)30-3-5-33(6-4-30)48-26-32-7-11-42-36(43-32)46-16-14-45(15-17-46)24-27-8-12-44(13-9-27)25-28-22-41-23-28/h3-7,11,19-20,27-28,41H,8-10,12-18,22-26H2,1-2H3. The van der Waals surface area contributed by atoms with Crippen LogP contribution in [0.2, 0.25) is 5.02 Å². The van der Waals surface area contributed by atoms with E-state index >= 15 is 0 Å². The van der Waals surface area contributed by atoms with Crippen molar-refractivity contribution >= 4 is 29.2 Å². The molecule has 2 aromatic carbocycles. The third kappa shape index (κ3) is 8.53. The zero-order chi connectivity index (χ0) is 33.5. The molecule has 0 unspecified atom stereocenters. The van der Waals surface area contributed by atoms with E-state index in [4.69, 9.17) is 37.7 Å². The fraction of sp³-hybridized carbons (Fsp3) is 0.541. The molecule has 1 aromatic heterocycles. The van der Waals surface area contributed by atoms with Crippen LogP contribution in [-0.4, -0.2) is 97.7 Å². The van der Waals surface area contributed by atoms with Crippen molar-refractivity contribution in [2.24, 2.45) is 11.8 Å². The number of hydrogen-bond donors (Lipinski definition) is 1. The van der Waals surface area contributed by atoms with Gasteiger partial charge >= 0.3 is 0 Å². The Morgan fingerprint density at radius 1 is 0.917 bits per heavy atom. The number of rotatable bonds is 13. The number of ether oxygens (including phenoxy) is 2. The minimum atomic E-state index is -0.408. The number of likely N-dealkylation sites (tertiary alicyclic amines) is 1. The second-order valence-electron chi connectivity index (χ2n) is 13.8. The molecule has 0 saturated carbocycles. The van der Waals surface area contributed by atoms with Crippen molar-refractivity contribution in [2.75, 3.05) is 82.8 Å². The third-order valence-electron chi connectivity index (χ3n) is 10.1. The van der Waals surface area contributed by atoms with Crippen LogP contribution in [0, 0.1) is 23.2 Å². The van der Waals surface area contributed by atoms with Crippen LogP contribution in [0.4, 0.5) is 5.95 Å². The summed E-state index contributed by atoms with van der Waals surface area (Å²) >= 11 is 12.3. The molecule has 3 saturated heterocycles. The summed E-state index contributed by atoms with van der Waals surface area (Å²) in [4.78, 5) is 17.1. The minimum Gasteiger partial charge on any atom is -0.489 e. The van der Waals surface area contributed by atoms with Gasteiger partial charge < -0.3 is 24.6 Å². The zero-order valence-electron chi connectivity index (χ0n) is 28.1. The number of nitriles is 1. The van der Waals surface area contributed by atoms with E-state index in [1.807, 2.05) is 36.5 Å². The van der Waals surface area contributed by atoms with E-state index < -0.39 is 5.41 Å². The average molecular weight is 693 g/mol. The lowest BCUT2D eigenvalue weighted by Crippen LogP contribution is -2.51. The van der Waals surface area contributed by atoms with Gasteiger partial charge in [-0.05, 0) is 79.2 Å². The SMILES string of the molecule is CC(C)(c1ccc(OCc2ccnc(N3CCN(CC4CCN(CC5CNC5)CC4)CC3)n2)cc1)c1cc(Cl)c(OCCCl)c(C#N)c1. The van der Waals surface area contributed by atoms with Crippen LogP contribution in [-0.2, 0) is 12.0 Å². The van der Waals surface area contributed by atoms with Crippen molar-refractivity contribution in [3.05, 3.63) is 76.1 Å². The van der Waals surface area contributed by atoms with Gasteiger partial charge in [0.05, 0.1) is 22.2 Å². The van der Waals surface area contributed by atoms with E-state index in [2.05, 4.69) is 57.0 Å². The summed E-state index contributed by atoms with van der Waals surface area (Å²) in [5, 5.41) is 13.5. The maximum absolute atomic E-state index is 9.73. The minimum absolute atomic E-state index is 0.284. The van der Waals surface area contributed by atoms with Crippen molar-refractivity contribution in [1.82, 2.24) is 25.1 Å². The molecule has 48 heavy (non-hydrogen) atoms. The fourth-order valence-electron chi connectivity index (χ4n) is 6.92. The lowest BCUT2D eigenvalue weighted by atomic mass is 9.77. The highest BCUT2D eigenvalue weighted by atomic mass is 35.5. The van der Waals surface area contributed by atoms with E-state index in [1.54, 1.807) is 0 Å². The first-order chi connectivity index (χ1) is 23.3. The number of piperazine rings is 1. The highest BCUT2D eigenvalue weighted by molar-refractivity contribution is 6.32. The number of halogens is 2. The molecule has 1 N–H and O–H groups in total. The van der Waals surface area contributed by atoms with Gasteiger partial charge in [-0.2, -0.15) is 5.26 Å². The Morgan fingerprint density at radius 3 is 2.29 bits per heavy atom. The highest BCUT2D eigenvalue weighted by Crippen LogP contribution is 2.38. The molecule has 0 aliphatic carbocycles. The van der Waals surface area contributed by atoms with Crippen molar-refractivity contribution < 1.29 is 9.47 Å². The maximum Gasteiger partial charge on any atom is 0.225 e. The number of nitrogens with zero attached hydrogens (tertiary/aromatic N) is 6. The Morgan fingerprint density at radius 2 is 1.62 bits per heavy atom. The second kappa shape index (κ2) is 16.1. The summed E-state index contributed by atoms with van der Waals surface area (Å²) in [5.41, 5.74) is 2.83. The molecular weight excluding hydrogens is 645 g/mol. The molecule has 256 valence electrons. The van der Waals surface area contributed by atoms with Gasteiger partial charge in [0.15, 0.2) is 5.75 Å². The first kappa shape index (κ1) is 34.7.